The number of rotatable bonds is 8. The Bertz CT molecular complexity index is 451. The van der Waals surface area contributed by atoms with Gasteiger partial charge in [0.25, 0.3) is 0 Å². The van der Waals surface area contributed by atoms with Crippen molar-refractivity contribution in [3.8, 4) is 0 Å². The van der Waals surface area contributed by atoms with Gasteiger partial charge in [-0.05, 0) is 74.2 Å². The van der Waals surface area contributed by atoms with Crippen LogP contribution in [0.5, 0.6) is 0 Å². The summed E-state index contributed by atoms with van der Waals surface area (Å²) in [5, 5.41) is 0. The van der Waals surface area contributed by atoms with E-state index in [9.17, 15) is 4.39 Å². The lowest BCUT2D eigenvalue weighted by Gasteiger charge is -2.34. The molecule has 2 atom stereocenters. The van der Waals surface area contributed by atoms with Gasteiger partial charge in [0.15, 0.2) is 0 Å². The van der Waals surface area contributed by atoms with E-state index in [-0.39, 0.29) is 5.82 Å². The minimum Gasteiger partial charge on any atom is -0.303 e. The van der Waals surface area contributed by atoms with Crippen molar-refractivity contribution in [1.82, 2.24) is 4.90 Å². The summed E-state index contributed by atoms with van der Waals surface area (Å²) in [6.07, 6.45) is 7.53. The molecule has 0 saturated carbocycles. The van der Waals surface area contributed by atoms with E-state index < -0.39 is 0 Å². The van der Waals surface area contributed by atoms with Crippen LogP contribution in [0.25, 0.3) is 0 Å². The van der Waals surface area contributed by atoms with Crippen LogP contribution in [0.2, 0.25) is 0 Å². The molecule has 130 valence electrons. The first-order valence-corrected chi connectivity index (χ1v) is 9.57. The van der Waals surface area contributed by atoms with Gasteiger partial charge in [0.1, 0.15) is 5.82 Å². The minimum atomic E-state index is -0.101. The Morgan fingerprint density at radius 1 is 1.17 bits per heavy atom. The van der Waals surface area contributed by atoms with Gasteiger partial charge in [-0.15, -0.1) is 0 Å². The molecule has 0 aliphatic carbocycles. The lowest BCUT2D eigenvalue weighted by atomic mass is 9.88. The Kier molecular flexibility index (Phi) is 7.55. The summed E-state index contributed by atoms with van der Waals surface area (Å²) in [6, 6.07) is 7.13. The van der Waals surface area contributed by atoms with Crippen LogP contribution < -0.4 is 0 Å². The average molecular weight is 320 g/mol. The van der Waals surface area contributed by atoms with Crippen LogP contribution >= 0.6 is 0 Å². The molecule has 1 aromatic carbocycles. The molecule has 23 heavy (non-hydrogen) atoms. The first-order chi connectivity index (χ1) is 11.1. The molecule has 0 spiro atoms. The molecule has 2 rings (SSSR count). The Labute approximate surface area is 142 Å². The fourth-order valence-electron chi connectivity index (χ4n) is 3.84. The average Bonchev–Trinajstić information content (AvgIpc) is 2.55. The number of halogens is 1. The summed E-state index contributed by atoms with van der Waals surface area (Å²) >= 11 is 0. The summed E-state index contributed by atoms with van der Waals surface area (Å²) in [5.41, 5.74) is 1.16. The number of hydrogen-bond acceptors (Lipinski definition) is 1. The molecular weight excluding hydrogens is 285 g/mol. The molecule has 1 aromatic rings. The van der Waals surface area contributed by atoms with Crippen molar-refractivity contribution in [2.24, 2.45) is 17.8 Å². The Balaban J connectivity index is 1.74. The molecule has 1 saturated heterocycles. The van der Waals surface area contributed by atoms with Crippen molar-refractivity contribution in [2.75, 3.05) is 19.6 Å². The summed E-state index contributed by atoms with van der Waals surface area (Å²) in [6.45, 7) is 10.7. The van der Waals surface area contributed by atoms with Gasteiger partial charge in [0.05, 0.1) is 0 Å². The van der Waals surface area contributed by atoms with Gasteiger partial charge in [0, 0.05) is 6.54 Å². The van der Waals surface area contributed by atoms with Crippen molar-refractivity contribution in [2.45, 2.75) is 59.3 Å². The van der Waals surface area contributed by atoms with Gasteiger partial charge >= 0.3 is 0 Å². The van der Waals surface area contributed by atoms with Crippen LogP contribution in [0.1, 0.15) is 58.4 Å². The molecule has 1 nitrogen and oxygen atoms in total. The summed E-state index contributed by atoms with van der Waals surface area (Å²) < 4.78 is 13.3. The van der Waals surface area contributed by atoms with Crippen LogP contribution in [-0.2, 0) is 6.42 Å². The summed E-state index contributed by atoms with van der Waals surface area (Å²) in [5.74, 6) is 2.33. The highest BCUT2D eigenvalue weighted by molar-refractivity contribution is 5.17. The molecule has 0 aromatic heterocycles. The molecule has 2 heteroatoms. The van der Waals surface area contributed by atoms with E-state index in [2.05, 4.69) is 31.7 Å². The first kappa shape index (κ1) is 18.4. The monoisotopic (exact) mass is 319 g/mol. The summed E-state index contributed by atoms with van der Waals surface area (Å²) in [7, 11) is 0. The van der Waals surface area contributed by atoms with Crippen molar-refractivity contribution >= 4 is 0 Å². The van der Waals surface area contributed by atoms with E-state index in [0.717, 1.165) is 29.7 Å². The van der Waals surface area contributed by atoms with E-state index in [1.54, 1.807) is 6.07 Å². The molecule has 0 N–H and O–H groups in total. The van der Waals surface area contributed by atoms with Crippen LogP contribution in [0, 0.1) is 23.6 Å². The molecule has 1 aliphatic heterocycles. The largest absolute Gasteiger partial charge is 0.303 e. The Morgan fingerprint density at radius 3 is 2.52 bits per heavy atom. The van der Waals surface area contributed by atoms with Gasteiger partial charge in [-0.3, -0.25) is 0 Å². The fraction of sp³-hybridized carbons (Fsp3) is 0.714. The smallest absolute Gasteiger partial charge is 0.123 e. The molecule has 1 fully saturated rings. The van der Waals surface area contributed by atoms with E-state index in [4.69, 9.17) is 0 Å². The first-order valence-electron chi connectivity index (χ1n) is 9.57. The predicted molar refractivity (Wildman–Crippen MR) is 97.1 cm³/mol. The molecule has 0 bridgehead atoms. The fourth-order valence-corrected chi connectivity index (χ4v) is 3.84. The van der Waals surface area contributed by atoms with E-state index in [0.29, 0.717) is 0 Å². The lowest BCUT2D eigenvalue weighted by Crippen LogP contribution is -2.37. The maximum atomic E-state index is 13.3. The minimum absolute atomic E-state index is 0.101. The maximum Gasteiger partial charge on any atom is 0.123 e. The van der Waals surface area contributed by atoms with Crippen LogP contribution in [0.3, 0.4) is 0 Å². The normalized spacial score (nSPS) is 19.7. The van der Waals surface area contributed by atoms with Crippen LogP contribution in [0.15, 0.2) is 24.3 Å². The summed E-state index contributed by atoms with van der Waals surface area (Å²) in [4.78, 5) is 2.67. The van der Waals surface area contributed by atoms with Crippen molar-refractivity contribution in [3.05, 3.63) is 35.6 Å². The third kappa shape index (κ3) is 6.25. The van der Waals surface area contributed by atoms with E-state index in [1.807, 2.05) is 6.07 Å². The third-order valence-corrected chi connectivity index (χ3v) is 5.65. The molecule has 1 aliphatic rings. The zero-order chi connectivity index (χ0) is 16.7. The van der Waals surface area contributed by atoms with Gasteiger partial charge in [-0.25, -0.2) is 4.39 Å². The molecule has 1 heterocycles. The van der Waals surface area contributed by atoms with Gasteiger partial charge < -0.3 is 4.90 Å². The van der Waals surface area contributed by atoms with Crippen molar-refractivity contribution in [3.63, 3.8) is 0 Å². The number of benzene rings is 1. The Hall–Kier alpha value is -0.890. The standard InChI is InChI=1S/C21H34FN/c1-4-17(3)13-18(5-2)16-23-11-9-19(10-12-23)14-20-7-6-8-21(22)15-20/h6-8,15,17-19H,4-5,9-14,16H2,1-3H3. The SMILES string of the molecule is CCC(C)CC(CC)CN1CCC(Cc2cccc(F)c2)CC1. The second kappa shape index (κ2) is 9.42. The quantitative estimate of drug-likeness (QED) is 0.608. The predicted octanol–water partition coefficient (Wildman–Crippen LogP) is 5.54. The number of likely N-dealkylation sites (tertiary alicyclic amines) is 1. The maximum absolute atomic E-state index is 13.3. The lowest BCUT2D eigenvalue weighted by molar-refractivity contribution is 0.149. The van der Waals surface area contributed by atoms with Gasteiger partial charge in [-0.1, -0.05) is 45.7 Å². The van der Waals surface area contributed by atoms with Crippen LogP contribution in [0.4, 0.5) is 4.39 Å². The molecule has 0 radical (unpaired) electrons. The molecule has 0 amide bonds. The zero-order valence-electron chi connectivity index (χ0n) is 15.2. The second-order valence-electron chi connectivity index (χ2n) is 7.60. The van der Waals surface area contributed by atoms with Crippen molar-refractivity contribution in [1.29, 1.82) is 0 Å². The highest BCUT2D eigenvalue weighted by Gasteiger charge is 2.22. The molecular formula is C21H34FN. The highest BCUT2D eigenvalue weighted by atomic mass is 19.1. The highest BCUT2D eigenvalue weighted by Crippen LogP contribution is 2.25. The van der Waals surface area contributed by atoms with E-state index in [1.165, 1.54) is 57.8 Å². The van der Waals surface area contributed by atoms with Gasteiger partial charge in [0.2, 0.25) is 0 Å². The number of piperidine rings is 1. The van der Waals surface area contributed by atoms with Gasteiger partial charge in [-0.2, -0.15) is 0 Å². The topological polar surface area (TPSA) is 3.24 Å². The Morgan fingerprint density at radius 2 is 1.91 bits per heavy atom. The van der Waals surface area contributed by atoms with Crippen LogP contribution in [-0.4, -0.2) is 24.5 Å². The molecule has 2 unspecified atom stereocenters. The van der Waals surface area contributed by atoms with E-state index >= 15 is 0 Å². The second-order valence-corrected chi connectivity index (χ2v) is 7.60. The van der Waals surface area contributed by atoms with Crippen molar-refractivity contribution < 1.29 is 4.39 Å². The number of hydrogen-bond donors (Lipinski definition) is 0. The number of nitrogens with zero attached hydrogens (tertiary/aromatic N) is 1. The zero-order valence-corrected chi connectivity index (χ0v) is 15.2. The third-order valence-electron chi connectivity index (χ3n) is 5.65.